The Bertz CT molecular complexity index is 1290. The number of rotatable bonds is 8. The van der Waals surface area contributed by atoms with Gasteiger partial charge >= 0.3 is 6.09 Å². The summed E-state index contributed by atoms with van der Waals surface area (Å²) >= 11 is 6.02. The molecule has 0 aliphatic heterocycles. The monoisotopic (exact) mass is 531 g/mol. The molecule has 0 fully saturated rings. The van der Waals surface area contributed by atoms with Crippen LogP contribution in [0.5, 0.6) is 5.75 Å². The third kappa shape index (κ3) is 7.00. The lowest BCUT2D eigenvalue weighted by Gasteiger charge is -2.36. The number of sulfone groups is 1. The molecule has 2 N–H and O–H groups in total. The van der Waals surface area contributed by atoms with Crippen molar-refractivity contribution >= 4 is 27.5 Å². The van der Waals surface area contributed by atoms with Crippen LogP contribution >= 0.6 is 11.6 Å². The number of aromatic hydroxyl groups is 1. The van der Waals surface area contributed by atoms with Crippen molar-refractivity contribution in [3.8, 4) is 5.75 Å². The van der Waals surface area contributed by atoms with E-state index in [2.05, 4.69) is 0 Å². The number of nitrogens with zero attached hydrogens (tertiary/aromatic N) is 1. The average Bonchev–Trinajstić information content (AvgIpc) is 2.82. The molecule has 0 bridgehead atoms. The number of ether oxygens (including phenoxy) is 1. The summed E-state index contributed by atoms with van der Waals surface area (Å²) in [7, 11) is -3.71. The van der Waals surface area contributed by atoms with Crippen molar-refractivity contribution in [2.24, 2.45) is 0 Å². The zero-order valence-electron chi connectivity index (χ0n) is 20.4. The topological polar surface area (TPSA) is 104 Å². The molecule has 0 saturated carbocycles. The Morgan fingerprint density at radius 2 is 1.58 bits per heavy atom. The predicted molar refractivity (Wildman–Crippen MR) is 138 cm³/mol. The van der Waals surface area contributed by atoms with Crippen molar-refractivity contribution < 1.29 is 28.2 Å². The van der Waals surface area contributed by atoms with Crippen molar-refractivity contribution in [3.63, 3.8) is 0 Å². The lowest BCUT2D eigenvalue weighted by atomic mass is 10.0. The van der Waals surface area contributed by atoms with E-state index >= 15 is 0 Å². The summed E-state index contributed by atoms with van der Waals surface area (Å²) in [5.41, 5.74) is 0.807. The number of aliphatic hydroxyl groups is 1. The molecule has 1 atom stereocenters. The maximum Gasteiger partial charge on any atom is 0.410 e. The Balaban J connectivity index is 1.60. The van der Waals surface area contributed by atoms with Crippen molar-refractivity contribution in [2.75, 3.05) is 13.2 Å². The van der Waals surface area contributed by atoms with Crippen LogP contribution in [0, 0.1) is 0 Å². The molecule has 1 amide bonds. The van der Waals surface area contributed by atoms with Gasteiger partial charge in [0.1, 0.15) is 5.75 Å². The highest BCUT2D eigenvalue weighted by Gasteiger charge is 2.30. The van der Waals surface area contributed by atoms with Gasteiger partial charge in [-0.25, -0.2) is 13.2 Å². The number of hydrogen-bond acceptors (Lipinski definition) is 6. The van der Waals surface area contributed by atoms with E-state index in [4.69, 9.17) is 16.3 Å². The van der Waals surface area contributed by atoms with Crippen LogP contribution in [0.4, 0.5) is 4.79 Å². The van der Waals surface area contributed by atoms with Gasteiger partial charge in [-0.15, -0.1) is 0 Å². The first-order valence-corrected chi connectivity index (χ1v) is 13.2. The van der Waals surface area contributed by atoms with Gasteiger partial charge < -0.3 is 19.8 Å². The van der Waals surface area contributed by atoms with Crippen LogP contribution < -0.4 is 0 Å². The summed E-state index contributed by atoms with van der Waals surface area (Å²) in [6, 6.07) is 18.5. The highest BCUT2D eigenvalue weighted by atomic mass is 35.5. The molecule has 3 rings (SSSR count). The first kappa shape index (κ1) is 27.5. The van der Waals surface area contributed by atoms with Gasteiger partial charge in [-0.1, -0.05) is 35.9 Å². The number of carbonyl (C=O) groups excluding carboxylic acids is 1. The fourth-order valence-electron chi connectivity index (χ4n) is 3.55. The average molecular weight is 532 g/mol. The van der Waals surface area contributed by atoms with E-state index in [0.717, 1.165) is 5.56 Å². The molecule has 7 nitrogen and oxygen atoms in total. The number of phenols is 1. The van der Waals surface area contributed by atoms with Crippen LogP contribution in [0.1, 0.15) is 38.0 Å². The van der Waals surface area contributed by atoms with Gasteiger partial charge in [0.2, 0.25) is 9.84 Å². The van der Waals surface area contributed by atoms with Gasteiger partial charge in [-0.3, -0.25) is 0 Å². The molecule has 3 aromatic rings. The number of halogens is 1. The van der Waals surface area contributed by atoms with E-state index in [1.165, 1.54) is 41.3 Å². The summed E-state index contributed by atoms with van der Waals surface area (Å²) in [6.07, 6.45) is -1.10. The number of amides is 1. The fraction of sp³-hybridized carbons (Fsp3) is 0.296. The van der Waals surface area contributed by atoms with Crippen molar-refractivity contribution in [1.82, 2.24) is 4.90 Å². The zero-order valence-corrected chi connectivity index (χ0v) is 22.0. The second-order valence-electron chi connectivity index (χ2n) is 9.36. The highest BCUT2D eigenvalue weighted by molar-refractivity contribution is 7.91. The number of β-amino-alcohol motifs (C(OH)–C–C–N with tert-alkyl or cyclic N) is 1. The minimum absolute atomic E-state index is 0.0113. The Morgan fingerprint density at radius 3 is 2.14 bits per heavy atom. The lowest BCUT2D eigenvalue weighted by molar-refractivity contribution is 0.0368. The molecule has 0 radical (unpaired) electrons. The molecule has 0 aliphatic rings. The SMILES string of the molecule is CC(C)(C)N(CC(O)c1cccc(Cl)c1)C(=O)OCCc1ccc(S(=O)(=O)c2ccc(O)cc2)cc1. The molecular weight excluding hydrogens is 502 g/mol. The van der Waals surface area contributed by atoms with E-state index in [1.54, 1.807) is 36.4 Å². The second kappa shape index (κ2) is 11.3. The van der Waals surface area contributed by atoms with Gasteiger partial charge in [0.05, 0.1) is 29.0 Å². The molecule has 0 saturated heterocycles. The van der Waals surface area contributed by atoms with Gasteiger partial charge in [0.25, 0.3) is 0 Å². The maximum atomic E-state index is 12.8. The minimum atomic E-state index is -3.71. The van der Waals surface area contributed by atoms with E-state index < -0.39 is 27.6 Å². The maximum absolute atomic E-state index is 12.8. The van der Waals surface area contributed by atoms with Gasteiger partial charge in [-0.05, 0) is 80.4 Å². The van der Waals surface area contributed by atoms with E-state index in [-0.39, 0.29) is 28.7 Å². The summed E-state index contributed by atoms with van der Waals surface area (Å²) < 4.78 is 31.0. The molecule has 0 spiro atoms. The van der Waals surface area contributed by atoms with Crippen LogP contribution in [0.25, 0.3) is 0 Å². The standard InChI is InChI=1S/C27H30ClNO6S/c1-27(2,3)29(18-25(31)20-5-4-6-21(28)17-20)26(32)35-16-15-19-7-11-23(12-8-19)36(33,34)24-13-9-22(30)10-14-24/h4-14,17,25,30-31H,15-16,18H2,1-3H3. The van der Waals surface area contributed by atoms with Crippen LogP contribution in [-0.4, -0.2) is 48.3 Å². The van der Waals surface area contributed by atoms with Gasteiger partial charge in [-0.2, -0.15) is 0 Å². The molecule has 1 unspecified atom stereocenters. The number of hydrogen-bond donors (Lipinski definition) is 2. The molecule has 36 heavy (non-hydrogen) atoms. The zero-order chi connectivity index (χ0) is 26.5. The third-order valence-electron chi connectivity index (χ3n) is 5.62. The van der Waals surface area contributed by atoms with Crippen LogP contribution in [0.2, 0.25) is 5.02 Å². The quantitative estimate of drug-likeness (QED) is 0.404. The normalized spacial score (nSPS) is 12.7. The first-order chi connectivity index (χ1) is 16.9. The first-order valence-electron chi connectivity index (χ1n) is 11.4. The largest absolute Gasteiger partial charge is 0.508 e. The van der Waals surface area contributed by atoms with E-state index in [9.17, 15) is 23.4 Å². The Kier molecular flexibility index (Phi) is 8.66. The molecule has 192 valence electrons. The summed E-state index contributed by atoms with van der Waals surface area (Å²) in [4.78, 5) is 14.5. The lowest BCUT2D eigenvalue weighted by Crippen LogP contribution is -2.48. The van der Waals surface area contributed by atoms with Crippen LogP contribution in [0.15, 0.2) is 82.6 Å². The van der Waals surface area contributed by atoms with Crippen molar-refractivity contribution in [1.29, 1.82) is 0 Å². The fourth-order valence-corrected chi connectivity index (χ4v) is 5.00. The van der Waals surface area contributed by atoms with Gasteiger partial charge in [0.15, 0.2) is 0 Å². The smallest absolute Gasteiger partial charge is 0.410 e. The summed E-state index contributed by atoms with van der Waals surface area (Å²) in [6.45, 7) is 5.68. The molecule has 0 aliphatic carbocycles. The van der Waals surface area contributed by atoms with Crippen LogP contribution in [-0.2, 0) is 21.0 Å². The molecule has 9 heteroatoms. The number of benzene rings is 3. The molecule has 0 heterocycles. The van der Waals surface area contributed by atoms with Crippen molar-refractivity contribution in [2.45, 2.75) is 48.6 Å². The minimum Gasteiger partial charge on any atom is -0.508 e. The summed E-state index contributed by atoms with van der Waals surface area (Å²) in [5.74, 6) is -0.0113. The number of carbonyl (C=O) groups is 1. The summed E-state index contributed by atoms with van der Waals surface area (Å²) in [5, 5.41) is 20.5. The highest BCUT2D eigenvalue weighted by Crippen LogP contribution is 2.25. The Labute approximate surface area is 216 Å². The Hall–Kier alpha value is -3.07. The molecular formula is C27H30ClNO6S. The van der Waals surface area contributed by atoms with Crippen molar-refractivity contribution in [3.05, 3.63) is 88.9 Å². The van der Waals surface area contributed by atoms with Gasteiger partial charge in [0, 0.05) is 17.0 Å². The molecule has 0 aromatic heterocycles. The second-order valence-corrected chi connectivity index (χ2v) is 11.7. The van der Waals surface area contributed by atoms with E-state index in [0.29, 0.717) is 17.0 Å². The number of phenolic OH excluding ortho intramolecular Hbond substituents is 1. The predicted octanol–water partition coefficient (Wildman–Crippen LogP) is 5.39. The third-order valence-corrected chi connectivity index (χ3v) is 7.64. The van der Waals surface area contributed by atoms with Crippen LogP contribution in [0.3, 0.4) is 0 Å². The molecule has 3 aromatic carbocycles. The Morgan fingerprint density at radius 1 is 1.00 bits per heavy atom. The number of aliphatic hydroxyl groups excluding tert-OH is 1. The van der Waals surface area contributed by atoms with E-state index in [1.807, 2.05) is 20.8 Å².